The summed E-state index contributed by atoms with van der Waals surface area (Å²) in [6, 6.07) is 18.1. The van der Waals surface area contributed by atoms with Gasteiger partial charge in [0, 0.05) is 17.2 Å². The molecule has 0 aliphatic heterocycles. The Balaban J connectivity index is 1.82. The van der Waals surface area contributed by atoms with Gasteiger partial charge in [-0.05, 0) is 44.2 Å². The monoisotopic (exact) mass is 346 g/mol. The zero-order valence-corrected chi connectivity index (χ0v) is 14.6. The van der Waals surface area contributed by atoms with Crippen molar-refractivity contribution in [1.29, 1.82) is 5.26 Å². The molecule has 130 valence electrons. The van der Waals surface area contributed by atoms with Crippen LogP contribution in [0, 0.1) is 11.3 Å². The van der Waals surface area contributed by atoms with Crippen molar-refractivity contribution < 1.29 is 9.21 Å². The van der Waals surface area contributed by atoms with Crippen LogP contribution in [0.15, 0.2) is 59.0 Å². The Morgan fingerprint density at radius 1 is 1.15 bits per heavy atom. The van der Waals surface area contributed by atoms with E-state index in [1.807, 2.05) is 50.2 Å². The molecule has 0 atom stereocenters. The van der Waals surface area contributed by atoms with Crippen LogP contribution in [0.1, 0.15) is 35.7 Å². The lowest BCUT2D eigenvalue weighted by molar-refractivity contribution is 0.0672. The van der Waals surface area contributed by atoms with E-state index >= 15 is 0 Å². The molecule has 1 heterocycles. The third-order valence-electron chi connectivity index (χ3n) is 3.92. The number of nitrogens with zero attached hydrogens (tertiary/aromatic N) is 4. The first-order chi connectivity index (χ1) is 12.6. The summed E-state index contributed by atoms with van der Waals surface area (Å²) in [6.07, 6.45) is 0. The molecular weight excluding hydrogens is 328 g/mol. The van der Waals surface area contributed by atoms with E-state index in [0.717, 1.165) is 5.56 Å². The molecule has 3 rings (SSSR count). The summed E-state index contributed by atoms with van der Waals surface area (Å²) < 4.78 is 5.71. The lowest BCUT2D eigenvalue weighted by Gasteiger charge is -2.25. The van der Waals surface area contributed by atoms with Crippen molar-refractivity contribution in [3.05, 3.63) is 71.6 Å². The van der Waals surface area contributed by atoms with Crippen LogP contribution < -0.4 is 0 Å². The van der Waals surface area contributed by atoms with E-state index < -0.39 is 0 Å². The van der Waals surface area contributed by atoms with Gasteiger partial charge >= 0.3 is 0 Å². The van der Waals surface area contributed by atoms with E-state index in [4.69, 9.17) is 9.68 Å². The van der Waals surface area contributed by atoms with E-state index in [-0.39, 0.29) is 18.5 Å². The third-order valence-corrected chi connectivity index (χ3v) is 3.92. The first-order valence-corrected chi connectivity index (χ1v) is 8.27. The van der Waals surface area contributed by atoms with Gasteiger partial charge in [-0.1, -0.05) is 24.3 Å². The molecule has 0 saturated carbocycles. The first-order valence-electron chi connectivity index (χ1n) is 8.27. The quantitative estimate of drug-likeness (QED) is 0.704. The predicted molar refractivity (Wildman–Crippen MR) is 95.9 cm³/mol. The topological polar surface area (TPSA) is 83.0 Å². The fourth-order valence-corrected chi connectivity index (χ4v) is 2.54. The van der Waals surface area contributed by atoms with Gasteiger partial charge in [-0.3, -0.25) is 4.79 Å². The van der Waals surface area contributed by atoms with Gasteiger partial charge in [0.2, 0.25) is 11.8 Å². The minimum Gasteiger partial charge on any atom is -0.419 e. The lowest BCUT2D eigenvalue weighted by atomic mass is 10.1. The summed E-state index contributed by atoms with van der Waals surface area (Å²) in [4.78, 5) is 14.5. The minimum absolute atomic E-state index is 0.0692. The molecular formula is C20H18N4O2. The summed E-state index contributed by atoms with van der Waals surface area (Å²) in [6.45, 7) is 4.04. The highest BCUT2D eigenvalue weighted by Gasteiger charge is 2.22. The number of carbonyl (C=O) groups excluding carboxylic acids is 1. The van der Waals surface area contributed by atoms with Gasteiger partial charge in [0.15, 0.2) is 0 Å². The maximum Gasteiger partial charge on any atom is 0.254 e. The van der Waals surface area contributed by atoms with E-state index in [0.29, 0.717) is 22.9 Å². The molecule has 0 radical (unpaired) electrons. The number of aromatic nitrogens is 2. The van der Waals surface area contributed by atoms with Crippen LogP contribution >= 0.6 is 0 Å². The standard InChI is InChI=1S/C20H18N4O2/c1-14(2)24(20(25)17-10-6-7-15(11-17)12-21)13-18-22-23-19(26-18)16-8-4-3-5-9-16/h3-11,14H,13H2,1-2H3. The van der Waals surface area contributed by atoms with Gasteiger partial charge in [-0.25, -0.2) is 0 Å². The number of carbonyl (C=O) groups is 1. The summed E-state index contributed by atoms with van der Waals surface area (Å²) in [5, 5.41) is 17.2. The number of hydrogen-bond acceptors (Lipinski definition) is 5. The van der Waals surface area contributed by atoms with Gasteiger partial charge in [-0.15, -0.1) is 10.2 Å². The van der Waals surface area contributed by atoms with Crippen molar-refractivity contribution in [1.82, 2.24) is 15.1 Å². The molecule has 26 heavy (non-hydrogen) atoms. The van der Waals surface area contributed by atoms with Gasteiger partial charge in [0.05, 0.1) is 18.2 Å². The molecule has 0 spiro atoms. The molecule has 3 aromatic rings. The van der Waals surface area contributed by atoms with E-state index in [1.165, 1.54) is 0 Å². The number of rotatable bonds is 5. The zero-order valence-electron chi connectivity index (χ0n) is 14.6. The van der Waals surface area contributed by atoms with Crippen LogP contribution in [0.5, 0.6) is 0 Å². The van der Waals surface area contributed by atoms with Crippen molar-refractivity contribution in [3.8, 4) is 17.5 Å². The average molecular weight is 346 g/mol. The SMILES string of the molecule is CC(C)N(Cc1nnc(-c2ccccc2)o1)C(=O)c1cccc(C#N)c1. The van der Waals surface area contributed by atoms with Crippen molar-refractivity contribution in [3.63, 3.8) is 0 Å². The number of amides is 1. The first kappa shape index (κ1) is 17.4. The molecule has 0 unspecified atom stereocenters. The smallest absolute Gasteiger partial charge is 0.254 e. The van der Waals surface area contributed by atoms with Crippen molar-refractivity contribution >= 4 is 5.91 Å². The second kappa shape index (κ2) is 7.62. The molecule has 0 N–H and O–H groups in total. The Morgan fingerprint density at radius 3 is 2.62 bits per heavy atom. The highest BCUT2D eigenvalue weighted by Crippen LogP contribution is 2.19. The van der Waals surface area contributed by atoms with E-state index in [9.17, 15) is 4.79 Å². The Bertz CT molecular complexity index is 942. The largest absolute Gasteiger partial charge is 0.419 e. The number of hydrogen-bond donors (Lipinski definition) is 0. The van der Waals surface area contributed by atoms with Crippen molar-refractivity contribution in [2.45, 2.75) is 26.4 Å². The van der Waals surface area contributed by atoms with E-state index in [1.54, 1.807) is 29.2 Å². The lowest BCUT2D eigenvalue weighted by Crippen LogP contribution is -2.36. The normalized spacial score (nSPS) is 10.5. The van der Waals surface area contributed by atoms with Gasteiger partial charge in [-0.2, -0.15) is 5.26 Å². The van der Waals surface area contributed by atoms with Gasteiger partial charge < -0.3 is 9.32 Å². The Labute approximate surface area is 151 Å². The molecule has 0 fully saturated rings. The highest BCUT2D eigenvalue weighted by atomic mass is 16.4. The van der Waals surface area contributed by atoms with Crippen LogP contribution in [-0.4, -0.2) is 27.0 Å². The van der Waals surface area contributed by atoms with Crippen molar-refractivity contribution in [2.24, 2.45) is 0 Å². The summed E-state index contributed by atoms with van der Waals surface area (Å²) in [5.41, 5.74) is 1.74. The fourth-order valence-electron chi connectivity index (χ4n) is 2.54. The molecule has 0 aliphatic rings. The second-order valence-corrected chi connectivity index (χ2v) is 6.09. The second-order valence-electron chi connectivity index (χ2n) is 6.09. The molecule has 0 aliphatic carbocycles. The Morgan fingerprint density at radius 2 is 1.92 bits per heavy atom. The maximum atomic E-state index is 12.9. The number of nitriles is 1. The van der Waals surface area contributed by atoms with Crippen LogP contribution in [0.25, 0.3) is 11.5 Å². The fraction of sp³-hybridized carbons (Fsp3) is 0.200. The summed E-state index contributed by atoms with van der Waals surface area (Å²) in [7, 11) is 0. The molecule has 0 saturated heterocycles. The summed E-state index contributed by atoms with van der Waals surface area (Å²) >= 11 is 0. The van der Waals surface area contributed by atoms with Gasteiger partial charge in [0.25, 0.3) is 5.91 Å². The predicted octanol–water partition coefficient (Wildman–Crippen LogP) is 3.66. The molecule has 1 aromatic heterocycles. The van der Waals surface area contributed by atoms with Crippen molar-refractivity contribution in [2.75, 3.05) is 0 Å². The Kier molecular flexibility index (Phi) is 5.09. The molecule has 6 nitrogen and oxygen atoms in total. The average Bonchev–Trinajstić information content (AvgIpc) is 3.15. The molecule has 2 aromatic carbocycles. The zero-order chi connectivity index (χ0) is 18.5. The van der Waals surface area contributed by atoms with Crippen LogP contribution in [0.2, 0.25) is 0 Å². The van der Waals surface area contributed by atoms with Gasteiger partial charge in [0.1, 0.15) is 0 Å². The van der Waals surface area contributed by atoms with Crippen LogP contribution in [0.4, 0.5) is 0 Å². The number of benzene rings is 2. The Hall–Kier alpha value is -3.46. The minimum atomic E-state index is -0.184. The highest BCUT2D eigenvalue weighted by molar-refractivity contribution is 5.94. The van der Waals surface area contributed by atoms with Crippen LogP contribution in [-0.2, 0) is 6.54 Å². The third kappa shape index (κ3) is 3.78. The van der Waals surface area contributed by atoms with Crippen LogP contribution in [0.3, 0.4) is 0 Å². The maximum absolute atomic E-state index is 12.9. The summed E-state index contributed by atoms with van der Waals surface area (Å²) in [5.74, 6) is 0.599. The molecule has 1 amide bonds. The molecule has 0 bridgehead atoms. The molecule has 6 heteroatoms. The van der Waals surface area contributed by atoms with E-state index in [2.05, 4.69) is 10.2 Å².